The Morgan fingerprint density at radius 3 is 2.44 bits per heavy atom. The van der Waals surface area contributed by atoms with Gasteiger partial charge in [0.2, 0.25) is 5.91 Å². The van der Waals surface area contributed by atoms with Crippen molar-refractivity contribution in [2.24, 2.45) is 0 Å². The van der Waals surface area contributed by atoms with Crippen LogP contribution in [0.5, 0.6) is 0 Å². The third-order valence-electron chi connectivity index (χ3n) is 6.45. The molecule has 5 nitrogen and oxygen atoms in total. The van der Waals surface area contributed by atoms with Crippen molar-refractivity contribution in [3.8, 4) is 5.69 Å². The summed E-state index contributed by atoms with van der Waals surface area (Å²) in [5.41, 5.74) is 2.89. The monoisotopic (exact) mass is 469 g/mol. The quantitative estimate of drug-likeness (QED) is 0.365. The fraction of sp³-hybridized carbons (Fsp3) is 0.480. The van der Waals surface area contributed by atoms with Crippen LogP contribution >= 0.6 is 23.1 Å². The van der Waals surface area contributed by atoms with Crippen LogP contribution < -0.4 is 5.56 Å². The van der Waals surface area contributed by atoms with Crippen molar-refractivity contribution in [2.45, 2.75) is 77.5 Å². The number of carbonyl (C=O) groups excluding carboxylic acids is 1. The lowest BCUT2D eigenvalue weighted by molar-refractivity contribution is -0.134. The third kappa shape index (κ3) is 4.25. The molecule has 0 aliphatic carbocycles. The van der Waals surface area contributed by atoms with E-state index in [1.54, 1.807) is 15.9 Å². The Bertz CT molecular complexity index is 1190. The maximum absolute atomic E-state index is 13.7. The highest BCUT2D eigenvalue weighted by atomic mass is 32.2. The molecule has 32 heavy (non-hydrogen) atoms. The Morgan fingerprint density at radius 2 is 1.81 bits per heavy atom. The number of likely N-dealkylation sites (tertiary alicyclic amines) is 1. The molecule has 0 bridgehead atoms. The Hall–Kier alpha value is -2.12. The topological polar surface area (TPSA) is 55.2 Å². The molecule has 2 atom stereocenters. The van der Waals surface area contributed by atoms with Gasteiger partial charge in [0.05, 0.1) is 16.8 Å². The number of hydrogen-bond acceptors (Lipinski definition) is 5. The zero-order chi connectivity index (χ0) is 23.0. The van der Waals surface area contributed by atoms with E-state index in [1.165, 1.54) is 23.1 Å². The van der Waals surface area contributed by atoms with E-state index in [9.17, 15) is 9.59 Å². The highest BCUT2D eigenvalue weighted by Crippen LogP contribution is 2.31. The summed E-state index contributed by atoms with van der Waals surface area (Å²) in [6.07, 6.45) is 4.14. The summed E-state index contributed by atoms with van der Waals surface area (Å²) >= 11 is 2.96. The number of benzene rings is 1. The van der Waals surface area contributed by atoms with Crippen LogP contribution in [0.15, 0.2) is 34.2 Å². The number of fused-ring (bicyclic) bond motifs is 1. The summed E-state index contributed by atoms with van der Waals surface area (Å²) in [4.78, 5) is 35.7. The van der Waals surface area contributed by atoms with E-state index in [0.29, 0.717) is 10.5 Å². The first-order valence-corrected chi connectivity index (χ1v) is 13.2. The number of aromatic nitrogens is 2. The molecule has 0 spiro atoms. The summed E-state index contributed by atoms with van der Waals surface area (Å²) in [7, 11) is 0. The van der Waals surface area contributed by atoms with E-state index in [2.05, 4.69) is 20.8 Å². The number of nitrogens with zero attached hydrogens (tertiary/aromatic N) is 3. The van der Waals surface area contributed by atoms with Crippen molar-refractivity contribution in [3.63, 3.8) is 0 Å². The van der Waals surface area contributed by atoms with Crippen LogP contribution in [0, 0.1) is 13.8 Å². The fourth-order valence-electron chi connectivity index (χ4n) is 4.68. The number of rotatable bonds is 5. The smallest absolute Gasteiger partial charge is 0.267 e. The molecule has 2 aromatic heterocycles. The van der Waals surface area contributed by atoms with E-state index < -0.39 is 0 Å². The van der Waals surface area contributed by atoms with Gasteiger partial charge in [0.15, 0.2) is 5.16 Å². The van der Waals surface area contributed by atoms with E-state index in [-0.39, 0.29) is 29.3 Å². The lowest BCUT2D eigenvalue weighted by Gasteiger charge is -2.39. The maximum atomic E-state index is 13.7. The second-order valence-electron chi connectivity index (χ2n) is 8.77. The predicted octanol–water partition coefficient (Wildman–Crippen LogP) is 5.51. The molecule has 7 heteroatoms. The lowest BCUT2D eigenvalue weighted by Crippen LogP contribution is -2.48. The molecule has 170 valence electrons. The van der Waals surface area contributed by atoms with Crippen molar-refractivity contribution in [2.75, 3.05) is 5.75 Å². The molecule has 1 aromatic carbocycles. The van der Waals surface area contributed by atoms with Crippen LogP contribution in [0.3, 0.4) is 0 Å². The molecular weight excluding hydrogens is 438 g/mol. The highest BCUT2D eigenvalue weighted by Gasteiger charge is 2.29. The Morgan fingerprint density at radius 1 is 1.16 bits per heavy atom. The number of thiophene rings is 1. The molecule has 0 saturated carbocycles. The molecule has 1 aliphatic heterocycles. The van der Waals surface area contributed by atoms with Crippen molar-refractivity contribution < 1.29 is 4.79 Å². The molecule has 1 saturated heterocycles. The SMILES string of the molecule is CCc1sc2nc(SCC(=O)N3[C@@H](C)CCC[C@@H]3C)n(-c3ccc(C)cc3)c(=O)c2c1C. The summed E-state index contributed by atoms with van der Waals surface area (Å²) in [5.74, 6) is 0.403. The minimum atomic E-state index is -0.0537. The zero-order valence-corrected chi connectivity index (χ0v) is 21.1. The van der Waals surface area contributed by atoms with E-state index in [1.807, 2.05) is 43.0 Å². The van der Waals surface area contributed by atoms with Gasteiger partial charge in [-0.3, -0.25) is 14.2 Å². The van der Waals surface area contributed by atoms with Gasteiger partial charge in [-0.15, -0.1) is 11.3 Å². The first-order valence-electron chi connectivity index (χ1n) is 11.4. The van der Waals surface area contributed by atoms with Gasteiger partial charge in [-0.1, -0.05) is 36.4 Å². The second-order valence-corrected chi connectivity index (χ2v) is 10.8. The number of thioether (sulfide) groups is 1. The van der Waals surface area contributed by atoms with Gasteiger partial charge < -0.3 is 4.90 Å². The van der Waals surface area contributed by atoms with Crippen LogP contribution in [0.1, 0.15) is 56.0 Å². The third-order valence-corrected chi connectivity index (χ3v) is 8.71. The minimum absolute atomic E-state index is 0.0537. The minimum Gasteiger partial charge on any atom is -0.337 e. The van der Waals surface area contributed by atoms with Crippen molar-refractivity contribution in [1.82, 2.24) is 14.5 Å². The molecule has 0 N–H and O–H groups in total. The van der Waals surface area contributed by atoms with Crippen LogP contribution in [-0.2, 0) is 11.2 Å². The average molecular weight is 470 g/mol. The molecular formula is C25H31N3O2S2. The van der Waals surface area contributed by atoms with E-state index >= 15 is 0 Å². The molecule has 1 fully saturated rings. The largest absolute Gasteiger partial charge is 0.337 e. The standard InChI is InChI=1S/C25H31N3O2S2/c1-6-20-18(5)22-23(32-20)26-25(28(24(22)30)19-12-10-15(2)11-13-19)31-14-21(29)27-16(3)8-7-9-17(27)4/h10-13,16-17H,6-9,14H2,1-5H3/t16-,17-/m0/s1. The summed E-state index contributed by atoms with van der Waals surface area (Å²) in [5, 5.41) is 1.28. The van der Waals surface area contributed by atoms with Crippen LogP contribution in [-0.4, -0.2) is 38.2 Å². The van der Waals surface area contributed by atoms with Gasteiger partial charge in [-0.25, -0.2) is 4.98 Å². The summed E-state index contributed by atoms with van der Waals surface area (Å²) in [6.45, 7) is 10.4. The Labute approximate surface area is 197 Å². The summed E-state index contributed by atoms with van der Waals surface area (Å²) in [6, 6.07) is 8.42. The Kier molecular flexibility index (Phi) is 6.77. The average Bonchev–Trinajstić information content (AvgIpc) is 3.09. The van der Waals surface area contributed by atoms with Crippen molar-refractivity contribution in [3.05, 3.63) is 50.6 Å². The molecule has 4 rings (SSSR count). The fourth-order valence-corrected chi connectivity index (χ4v) is 6.72. The van der Waals surface area contributed by atoms with E-state index in [0.717, 1.165) is 40.9 Å². The van der Waals surface area contributed by atoms with Gasteiger partial charge in [0.25, 0.3) is 5.56 Å². The van der Waals surface area contributed by atoms with E-state index in [4.69, 9.17) is 4.98 Å². The predicted molar refractivity (Wildman–Crippen MR) is 134 cm³/mol. The lowest BCUT2D eigenvalue weighted by atomic mass is 9.98. The van der Waals surface area contributed by atoms with Gasteiger partial charge in [-0.05, 0) is 71.1 Å². The van der Waals surface area contributed by atoms with Gasteiger partial charge in [-0.2, -0.15) is 0 Å². The normalized spacial score (nSPS) is 19.0. The number of hydrogen-bond donors (Lipinski definition) is 0. The first-order chi connectivity index (χ1) is 15.3. The van der Waals surface area contributed by atoms with Crippen LogP contribution in [0.25, 0.3) is 15.9 Å². The first kappa shape index (κ1) is 23.1. The van der Waals surface area contributed by atoms with Gasteiger partial charge >= 0.3 is 0 Å². The van der Waals surface area contributed by atoms with Crippen LogP contribution in [0.2, 0.25) is 0 Å². The summed E-state index contributed by atoms with van der Waals surface area (Å²) < 4.78 is 1.68. The molecule has 0 unspecified atom stereocenters. The van der Waals surface area contributed by atoms with Gasteiger partial charge in [0, 0.05) is 17.0 Å². The molecule has 1 amide bonds. The number of piperidine rings is 1. The van der Waals surface area contributed by atoms with Crippen LogP contribution in [0.4, 0.5) is 0 Å². The van der Waals surface area contributed by atoms with Crippen molar-refractivity contribution in [1.29, 1.82) is 0 Å². The maximum Gasteiger partial charge on any atom is 0.267 e. The Balaban J connectivity index is 1.75. The molecule has 3 heterocycles. The molecule has 1 aliphatic rings. The molecule has 3 aromatic rings. The molecule has 0 radical (unpaired) electrons. The zero-order valence-electron chi connectivity index (χ0n) is 19.5. The number of amides is 1. The number of carbonyl (C=O) groups is 1. The van der Waals surface area contributed by atoms with Crippen molar-refractivity contribution >= 4 is 39.2 Å². The number of aryl methyl sites for hydroxylation is 3. The van der Waals surface area contributed by atoms with Gasteiger partial charge in [0.1, 0.15) is 4.83 Å². The highest BCUT2D eigenvalue weighted by molar-refractivity contribution is 7.99. The second kappa shape index (κ2) is 9.40.